The van der Waals surface area contributed by atoms with Crippen molar-refractivity contribution in [3.8, 4) is 0 Å². The maximum atomic E-state index is 12.2. The van der Waals surface area contributed by atoms with Gasteiger partial charge in [-0.2, -0.15) is 0 Å². The van der Waals surface area contributed by atoms with E-state index in [0.29, 0.717) is 11.0 Å². The van der Waals surface area contributed by atoms with Gasteiger partial charge in [0.25, 0.3) is 0 Å². The molecule has 2 N–H and O–H groups in total. The van der Waals surface area contributed by atoms with Crippen LogP contribution in [0.25, 0.3) is 0 Å². The summed E-state index contributed by atoms with van der Waals surface area (Å²) in [6.07, 6.45) is 0.934. The first-order chi connectivity index (χ1) is 13.5. The fraction of sp³-hybridized carbons (Fsp3) is 0.368. The van der Waals surface area contributed by atoms with Crippen LogP contribution in [0.4, 0.5) is 5.13 Å². The average Bonchev–Trinajstić information content (AvgIpc) is 3.25. The molecule has 9 heteroatoms. The van der Waals surface area contributed by atoms with Gasteiger partial charge >= 0.3 is 0 Å². The Hall–Kier alpha value is -1.84. The number of hydrogen-bond donors (Lipinski definition) is 2. The van der Waals surface area contributed by atoms with Crippen LogP contribution in [0.2, 0.25) is 0 Å². The van der Waals surface area contributed by atoms with E-state index in [2.05, 4.69) is 51.5 Å². The zero-order valence-electron chi connectivity index (χ0n) is 16.1. The van der Waals surface area contributed by atoms with Gasteiger partial charge in [-0.1, -0.05) is 79.0 Å². The summed E-state index contributed by atoms with van der Waals surface area (Å²) in [5.74, 6) is 1.55. The number of nitrogens with zero attached hydrogens (tertiary/aromatic N) is 3. The van der Waals surface area contributed by atoms with Gasteiger partial charge < -0.3 is 4.98 Å². The molecule has 0 fully saturated rings. The number of H-pyrrole nitrogens is 1. The second kappa shape index (κ2) is 10.1. The van der Waals surface area contributed by atoms with Crippen molar-refractivity contribution in [2.24, 2.45) is 5.92 Å². The van der Waals surface area contributed by atoms with Gasteiger partial charge in [-0.15, -0.1) is 10.2 Å². The summed E-state index contributed by atoms with van der Waals surface area (Å²) in [6.45, 7) is 6.36. The molecule has 2 heterocycles. The number of thioether (sulfide) groups is 2. The summed E-state index contributed by atoms with van der Waals surface area (Å²) >= 11 is 4.40. The smallest absolute Gasteiger partial charge is 0.236 e. The summed E-state index contributed by atoms with van der Waals surface area (Å²) in [7, 11) is 0. The number of aryl methyl sites for hydroxylation is 1. The molecule has 0 aliphatic heterocycles. The first-order valence-corrected chi connectivity index (χ1v) is 11.8. The molecule has 2 aromatic heterocycles. The van der Waals surface area contributed by atoms with Gasteiger partial charge in [0.1, 0.15) is 0 Å². The number of aromatic nitrogens is 4. The highest BCUT2D eigenvalue weighted by molar-refractivity contribution is 8.00. The summed E-state index contributed by atoms with van der Waals surface area (Å²) in [4.78, 5) is 20.0. The van der Waals surface area contributed by atoms with Crippen LogP contribution in [0.5, 0.6) is 0 Å². The molecule has 1 amide bonds. The number of hydrogen-bond acceptors (Lipinski definition) is 7. The number of aromatic amines is 1. The summed E-state index contributed by atoms with van der Waals surface area (Å²) in [6, 6.07) is 10.2. The number of amides is 1. The van der Waals surface area contributed by atoms with Gasteiger partial charge in [-0.05, 0) is 24.8 Å². The van der Waals surface area contributed by atoms with E-state index in [-0.39, 0.29) is 11.7 Å². The highest BCUT2D eigenvalue weighted by Crippen LogP contribution is 2.28. The lowest BCUT2D eigenvalue weighted by atomic mass is 10.1. The number of nitrogens with one attached hydrogen (secondary N) is 2. The lowest BCUT2D eigenvalue weighted by Crippen LogP contribution is -2.13. The molecule has 0 saturated carbocycles. The summed E-state index contributed by atoms with van der Waals surface area (Å²) in [5.41, 5.74) is 3.37. The Labute approximate surface area is 177 Å². The Balaban J connectivity index is 1.45. The topological polar surface area (TPSA) is 83.6 Å². The van der Waals surface area contributed by atoms with Crippen LogP contribution >= 0.6 is 34.9 Å². The number of anilines is 1. The minimum Gasteiger partial charge on any atom is -0.337 e. The maximum Gasteiger partial charge on any atom is 0.236 e. The van der Waals surface area contributed by atoms with Gasteiger partial charge in [-0.3, -0.25) is 10.1 Å². The third-order valence-corrected chi connectivity index (χ3v) is 6.68. The van der Waals surface area contributed by atoms with E-state index in [1.807, 2.05) is 25.1 Å². The van der Waals surface area contributed by atoms with Crippen molar-refractivity contribution in [3.63, 3.8) is 0 Å². The van der Waals surface area contributed by atoms with Crippen LogP contribution in [-0.2, 0) is 17.0 Å². The molecule has 0 aliphatic carbocycles. The number of carbonyl (C=O) groups is 1. The molecule has 0 atom stereocenters. The predicted octanol–water partition coefficient (Wildman–Crippen LogP) is 4.79. The number of carbonyl (C=O) groups excluding carboxylic acids is 1. The van der Waals surface area contributed by atoms with Crippen LogP contribution in [0.3, 0.4) is 0 Å². The largest absolute Gasteiger partial charge is 0.337 e. The van der Waals surface area contributed by atoms with Crippen LogP contribution in [0.1, 0.15) is 30.8 Å². The lowest BCUT2D eigenvalue weighted by molar-refractivity contribution is -0.113. The molecular weight excluding hydrogens is 410 g/mol. The molecule has 6 nitrogen and oxygen atoms in total. The molecule has 0 spiro atoms. The Kier molecular flexibility index (Phi) is 7.52. The molecule has 3 aromatic rings. The number of imidazole rings is 1. The van der Waals surface area contributed by atoms with Crippen LogP contribution in [-0.4, -0.2) is 31.8 Å². The van der Waals surface area contributed by atoms with E-state index in [0.717, 1.165) is 33.1 Å². The van der Waals surface area contributed by atoms with Crippen molar-refractivity contribution in [2.75, 3.05) is 11.1 Å². The van der Waals surface area contributed by atoms with E-state index < -0.39 is 0 Å². The van der Waals surface area contributed by atoms with Crippen molar-refractivity contribution in [2.45, 2.75) is 42.4 Å². The van der Waals surface area contributed by atoms with Crippen molar-refractivity contribution in [3.05, 3.63) is 47.3 Å². The molecule has 1 aromatic carbocycles. The summed E-state index contributed by atoms with van der Waals surface area (Å²) in [5, 5.41) is 12.3. The van der Waals surface area contributed by atoms with Gasteiger partial charge in [0.15, 0.2) is 9.50 Å². The van der Waals surface area contributed by atoms with Crippen LogP contribution in [0.15, 0.2) is 39.8 Å². The van der Waals surface area contributed by atoms with Gasteiger partial charge in [0.05, 0.1) is 11.4 Å². The first-order valence-electron chi connectivity index (χ1n) is 8.98. The molecule has 0 aliphatic rings. The zero-order valence-corrected chi connectivity index (χ0v) is 18.5. The van der Waals surface area contributed by atoms with E-state index in [1.54, 1.807) is 11.8 Å². The fourth-order valence-corrected chi connectivity index (χ4v) is 4.91. The van der Waals surface area contributed by atoms with Crippen molar-refractivity contribution in [1.82, 2.24) is 20.2 Å². The molecule has 0 bridgehead atoms. The molecule has 148 valence electrons. The number of benzene rings is 1. The van der Waals surface area contributed by atoms with Crippen molar-refractivity contribution in [1.29, 1.82) is 0 Å². The Morgan fingerprint density at radius 3 is 2.75 bits per heavy atom. The van der Waals surface area contributed by atoms with Gasteiger partial charge in [-0.25, -0.2) is 4.98 Å². The summed E-state index contributed by atoms with van der Waals surface area (Å²) < 4.78 is 0.840. The van der Waals surface area contributed by atoms with Gasteiger partial charge in [0.2, 0.25) is 11.0 Å². The lowest BCUT2D eigenvalue weighted by Gasteiger charge is -2.01. The van der Waals surface area contributed by atoms with Gasteiger partial charge in [0, 0.05) is 11.4 Å². The van der Waals surface area contributed by atoms with E-state index in [1.165, 1.54) is 28.7 Å². The van der Waals surface area contributed by atoms with Crippen molar-refractivity contribution < 1.29 is 4.79 Å². The van der Waals surface area contributed by atoms with E-state index >= 15 is 0 Å². The van der Waals surface area contributed by atoms with E-state index in [9.17, 15) is 4.79 Å². The second-order valence-corrected chi connectivity index (χ2v) is 9.86. The predicted molar refractivity (Wildman–Crippen MR) is 117 cm³/mol. The highest BCUT2D eigenvalue weighted by Gasteiger charge is 2.12. The zero-order chi connectivity index (χ0) is 19.9. The normalized spacial score (nSPS) is 11.1. The molecule has 3 rings (SSSR count). The minimum atomic E-state index is -0.111. The monoisotopic (exact) mass is 433 g/mol. The second-order valence-electron chi connectivity index (χ2n) is 6.70. The molecule has 28 heavy (non-hydrogen) atoms. The Morgan fingerprint density at radius 1 is 1.21 bits per heavy atom. The highest BCUT2D eigenvalue weighted by atomic mass is 32.2. The molecule has 0 radical (unpaired) electrons. The molecule has 0 saturated heterocycles. The minimum absolute atomic E-state index is 0.111. The third kappa shape index (κ3) is 6.35. The first kappa shape index (κ1) is 20.9. The fourth-order valence-electron chi connectivity index (χ4n) is 2.45. The van der Waals surface area contributed by atoms with Crippen LogP contribution in [0, 0.1) is 12.8 Å². The van der Waals surface area contributed by atoms with E-state index in [4.69, 9.17) is 0 Å². The third-order valence-electron chi connectivity index (χ3n) is 3.76. The maximum absolute atomic E-state index is 12.2. The average molecular weight is 434 g/mol. The standard InChI is InChI=1S/C19H23N5OS3/c1-12(2)9-15-13(3)20-17(21-15)26-11-16(25)22-18-23-24-19(28-18)27-10-14-7-5-4-6-8-14/h4-8,12H,9-11H2,1-3H3,(H,20,21)(H,22,23,25). The SMILES string of the molecule is Cc1[nH]c(SCC(=O)Nc2nnc(SCc3ccccc3)s2)nc1CC(C)C. The quantitative estimate of drug-likeness (QED) is 0.373. The Bertz CT molecular complexity index is 907. The van der Waals surface area contributed by atoms with Crippen LogP contribution < -0.4 is 5.32 Å². The molecule has 0 unspecified atom stereocenters. The van der Waals surface area contributed by atoms with Crippen molar-refractivity contribution >= 4 is 45.9 Å². The Morgan fingerprint density at radius 2 is 2.00 bits per heavy atom. The number of rotatable bonds is 9. The molecular formula is C19H23N5OS3.